The minimum Gasteiger partial charge on any atom is -0.387 e. The maximum atomic E-state index is 12.1. The van der Waals surface area contributed by atoms with Crippen LogP contribution in [0, 0.1) is 6.92 Å². The first kappa shape index (κ1) is 16.9. The Kier molecular flexibility index (Phi) is 5.20. The van der Waals surface area contributed by atoms with Gasteiger partial charge in [-0.15, -0.1) is 5.10 Å². The number of hydrogen-bond donors (Lipinski definition) is 2. The number of aromatic nitrogens is 3. The molecule has 6 nitrogen and oxygen atoms in total. The van der Waals surface area contributed by atoms with Gasteiger partial charge in [0.2, 0.25) is 5.91 Å². The molecule has 25 heavy (non-hydrogen) atoms. The molecule has 3 rings (SSSR count). The Hall–Kier alpha value is -2.99. The van der Waals surface area contributed by atoms with Crippen molar-refractivity contribution in [2.24, 2.45) is 0 Å². The second kappa shape index (κ2) is 7.72. The highest BCUT2D eigenvalue weighted by atomic mass is 16.3. The number of benzene rings is 2. The van der Waals surface area contributed by atoms with Gasteiger partial charge in [-0.25, -0.2) is 4.68 Å². The van der Waals surface area contributed by atoms with E-state index >= 15 is 0 Å². The highest BCUT2D eigenvalue weighted by Crippen LogP contribution is 2.16. The summed E-state index contributed by atoms with van der Waals surface area (Å²) in [5.41, 5.74) is 3.47. The standard InChI is InChI=1S/C19H20N4O2/c1-14-7-5-6-10-16(14)18(24)11-20-19(25)13-23-12-17(21-22-23)15-8-3-2-4-9-15/h2-10,12,18,24H,11,13H2,1H3,(H,20,25). The summed E-state index contributed by atoms with van der Waals surface area (Å²) >= 11 is 0. The molecule has 0 radical (unpaired) electrons. The van der Waals surface area contributed by atoms with E-state index in [1.165, 1.54) is 4.68 Å². The molecule has 1 amide bonds. The Morgan fingerprint density at radius 3 is 2.64 bits per heavy atom. The lowest BCUT2D eigenvalue weighted by molar-refractivity contribution is -0.122. The Balaban J connectivity index is 1.55. The second-order valence-electron chi connectivity index (χ2n) is 5.84. The number of nitrogens with one attached hydrogen (secondary N) is 1. The predicted molar refractivity (Wildman–Crippen MR) is 94.6 cm³/mol. The average Bonchev–Trinajstić information content (AvgIpc) is 3.09. The highest BCUT2D eigenvalue weighted by molar-refractivity contribution is 5.75. The van der Waals surface area contributed by atoms with Gasteiger partial charge < -0.3 is 10.4 Å². The van der Waals surface area contributed by atoms with Crippen molar-refractivity contribution in [3.8, 4) is 11.3 Å². The van der Waals surface area contributed by atoms with Gasteiger partial charge in [-0.1, -0.05) is 59.8 Å². The minimum absolute atomic E-state index is 0.0559. The molecule has 0 saturated carbocycles. The number of amides is 1. The number of carbonyl (C=O) groups excluding carboxylic acids is 1. The molecular formula is C19H20N4O2. The normalized spacial score (nSPS) is 11.9. The molecule has 0 aliphatic heterocycles. The molecular weight excluding hydrogens is 316 g/mol. The Morgan fingerprint density at radius 2 is 1.88 bits per heavy atom. The SMILES string of the molecule is Cc1ccccc1C(O)CNC(=O)Cn1cc(-c2ccccc2)nn1. The number of nitrogens with zero attached hydrogens (tertiary/aromatic N) is 3. The van der Waals surface area contributed by atoms with E-state index in [2.05, 4.69) is 15.6 Å². The van der Waals surface area contributed by atoms with Gasteiger partial charge in [-0.05, 0) is 18.1 Å². The zero-order chi connectivity index (χ0) is 17.6. The summed E-state index contributed by atoms with van der Waals surface area (Å²) in [6.07, 6.45) is 0.993. The topological polar surface area (TPSA) is 80.0 Å². The molecule has 2 N–H and O–H groups in total. The van der Waals surface area contributed by atoms with E-state index in [-0.39, 0.29) is 19.0 Å². The lowest BCUT2D eigenvalue weighted by Crippen LogP contribution is -2.31. The first-order chi connectivity index (χ1) is 12.1. The molecule has 3 aromatic rings. The van der Waals surface area contributed by atoms with Gasteiger partial charge in [0.1, 0.15) is 12.2 Å². The summed E-state index contributed by atoms with van der Waals surface area (Å²) in [4.78, 5) is 12.1. The summed E-state index contributed by atoms with van der Waals surface area (Å²) < 4.78 is 1.48. The smallest absolute Gasteiger partial charge is 0.241 e. The van der Waals surface area contributed by atoms with Crippen LogP contribution < -0.4 is 5.32 Å². The van der Waals surface area contributed by atoms with E-state index in [4.69, 9.17) is 0 Å². The molecule has 1 unspecified atom stereocenters. The second-order valence-corrected chi connectivity index (χ2v) is 5.84. The van der Waals surface area contributed by atoms with Gasteiger partial charge in [0, 0.05) is 12.1 Å². The van der Waals surface area contributed by atoms with Crippen molar-refractivity contribution in [3.05, 3.63) is 71.9 Å². The van der Waals surface area contributed by atoms with E-state index in [0.717, 1.165) is 16.7 Å². The van der Waals surface area contributed by atoms with Gasteiger partial charge in [0.25, 0.3) is 0 Å². The number of hydrogen-bond acceptors (Lipinski definition) is 4. The van der Waals surface area contributed by atoms with Crippen LogP contribution in [0.25, 0.3) is 11.3 Å². The minimum atomic E-state index is -0.735. The van der Waals surface area contributed by atoms with Crippen LogP contribution in [0.2, 0.25) is 0 Å². The third kappa shape index (κ3) is 4.30. The third-order valence-corrected chi connectivity index (χ3v) is 3.95. The lowest BCUT2D eigenvalue weighted by Gasteiger charge is -2.14. The van der Waals surface area contributed by atoms with Crippen LogP contribution in [0.3, 0.4) is 0 Å². The maximum Gasteiger partial charge on any atom is 0.241 e. The summed E-state index contributed by atoms with van der Waals surface area (Å²) in [5, 5.41) is 21.0. The van der Waals surface area contributed by atoms with E-state index in [1.807, 2.05) is 61.5 Å². The van der Waals surface area contributed by atoms with Crippen molar-refractivity contribution >= 4 is 5.91 Å². The molecule has 0 bridgehead atoms. The fourth-order valence-electron chi connectivity index (χ4n) is 2.60. The predicted octanol–water partition coefficient (Wildman–Crippen LogP) is 2.10. The molecule has 1 atom stereocenters. The monoisotopic (exact) mass is 336 g/mol. The molecule has 0 saturated heterocycles. The molecule has 0 fully saturated rings. The van der Waals surface area contributed by atoms with E-state index in [1.54, 1.807) is 6.20 Å². The summed E-state index contributed by atoms with van der Waals surface area (Å²) in [6, 6.07) is 17.2. The molecule has 1 aromatic heterocycles. The molecule has 6 heteroatoms. The number of carbonyl (C=O) groups is 1. The number of aliphatic hydroxyl groups excluding tert-OH is 1. The maximum absolute atomic E-state index is 12.1. The van der Waals surface area contributed by atoms with Crippen molar-refractivity contribution < 1.29 is 9.90 Å². The van der Waals surface area contributed by atoms with Gasteiger partial charge >= 0.3 is 0 Å². The highest BCUT2D eigenvalue weighted by Gasteiger charge is 2.12. The van der Waals surface area contributed by atoms with E-state index < -0.39 is 6.10 Å². The largest absolute Gasteiger partial charge is 0.387 e. The summed E-state index contributed by atoms with van der Waals surface area (Å²) in [5.74, 6) is -0.225. The van der Waals surface area contributed by atoms with Gasteiger partial charge in [0.05, 0.1) is 12.3 Å². The quantitative estimate of drug-likeness (QED) is 0.722. The molecule has 1 heterocycles. The summed E-state index contributed by atoms with van der Waals surface area (Å²) in [7, 11) is 0. The van der Waals surface area contributed by atoms with Crippen LogP contribution in [0.5, 0.6) is 0 Å². The van der Waals surface area contributed by atoms with Gasteiger partial charge in [0.15, 0.2) is 0 Å². The lowest BCUT2D eigenvalue weighted by atomic mass is 10.0. The van der Waals surface area contributed by atoms with Crippen LogP contribution in [0.15, 0.2) is 60.8 Å². The van der Waals surface area contributed by atoms with Crippen molar-refractivity contribution in [2.45, 2.75) is 19.6 Å². The van der Waals surface area contributed by atoms with Crippen molar-refractivity contribution in [2.75, 3.05) is 6.54 Å². The summed E-state index contributed by atoms with van der Waals surface area (Å²) in [6.45, 7) is 2.14. The first-order valence-corrected chi connectivity index (χ1v) is 8.09. The average molecular weight is 336 g/mol. The van der Waals surface area contributed by atoms with Crippen LogP contribution in [-0.4, -0.2) is 32.6 Å². The molecule has 128 valence electrons. The van der Waals surface area contributed by atoms with Crippen LogP contribution in [0.1, 0.15) is 17.2 Å². The van der Waals surface area contributed by atoms with E-state index in [0.29, 0.717) is 5.69 Å². The number of aliphatic hydroxyl groups is 1. The van der Waals surface area contributed by atoms with Crippen LogP contribution >= 0.6 is 0 Å². The molecule has 2 aromatic carbocycles. The zero-order valence-electron chi connectivity index (χ0n) is 14.0. The van der Waals surface area contributed by atoms with Crippen molar-refractivity contribution in [3.63, 3.8) is 0 Å². The first-order valence-electron chi connectivity index (χ1n) is 8.09. The molecule has 0 spiro atoms. The fraction of sp³-hybridized carbons (Fsp3) is 0.211. The van der Waals surface area contributed by atoms with Crippen molar-refractivity contribution in [1.29, 1.82) is 0 Å². The van der Waals surface area contributed by atoms with Crippen LogP contribution in [0.4, 0.5) is 0 Å². The fourth-order valence-corrected chi connectivity index (χ4v) is 2.60. The van der Waals surface area contributed by atoms with Gasteiger partial charge in [-0.3, -0.25) is 4.79 Å². The Labute approximate surface area is 146 Å². The Bertz CT molecular complexity index is 845. The van der Waals surface area contributed by atoms with Crippen molar-refractivity contribution in [1.82, 2.24) is 20.3 Å². The third-order valence-electron chi connectivity index (χ3n) is 3.95. The number of rotatable bonds is 6. The van der Waals surface area contributed by atoms with E-state index in [9.17, 15) is 9.90 Å². The Morgan fingerprint density at radius 1 is 1.16 bits per heavy atom. The van der Waals surface area contributed by atoms with Gasteiger partial charge in [-0.2, -0.15) is 0 Å². The van der Waals surface area contributed by atoms with Crippen LogP contribution in [-0.2, 0) is 11.3 Å². The zero-order valence-corrected chi connectivity index (χ0v) is 14.0. The molecule has 0 aliphatic carbocycles. The number of aryl methyl sites for hydroxylation is 1. The molecule has 0 aliphatic rings.